The van der Waals surface area contributed by atoms with Crippen LogP contribution in [-0.2, 0) is 5.41 Å². The van der Waals surface area contributed by atoms with Gasteiger partial charge in [0.05, 0.1) is 5.41 Å². The second kappa shape index (κ2) is 10.7. The quantitative estimate of drug-likeness (QED) is 0.190. The number of hydrogen-bond donors (Lipinski definition) is 0. The van der Waals surface area contributed by atoms with Crippen LogP contribution in [0.15, 0.2) is 186 Å². The highest BCUT2D eigenvalue weighted by Gasteiger charge is 2.50. The topological polar surface area (TPSA) is 22.4 Å². The molecule has 2 nitrogen and oxygen atoms in total. The molecule has 9 aromatic rings. The van der Waals surface area contributed by atoms with E-state index in [0.717, 1.165) is 55.7 Å². The van der Waals surface area contributed by atoms with E-state index in [1.165, 1.54) is 44.5 Å². The highest BCUT2D eigenvalue weighted by Crippen LogP contribution is 2.62. The van der Waals surface area contributed by atoms with Gasteiger partial charge in [0.1, 0.15) is 22.7 Å². The third-order valence-electron chi connectivity index (χ3n) is 11.0. The first-order valence-corrected chi connectivity index (χ1v) is 17.5. The van der Waals surface area contributed by atoms with Gasteiger partial charge in [0.25, 0.3) is 0 Å². The summed E-state index contributed by atoms with van der Waals surface area (Å²) in [6.07, 6.45) is 0. The molecule has 0 saturated carbocycles. The highest BCUT2D eigenvalue weighted by atomic mass is 16.5. The van der Waals surface area contributed by atoms with E-state index in [-0.39, 0.29) is 0 Å². The summed E-state index contributed by atoms with van der Waals surface area (Å²) >= 11 is 0. The molecule has 0 saturated heterocycles. The Morgan fingerprint density at radius 2 is 0.882 bits per heavy atom. The van der Waals surface area contributed by atoms with Gasteiger partial charge in [-0.15, -0.1) is 0 Å². The Bertz CT molecular complexity index is 2790. The monoisotopic (exact) mass is 650 g/mol. The van der Waals surface area contributed by atoms with Crippen molar-refractivity contribution < 1.29 is 9.15 Å². The van der Waals surface area contributed by atoms with Gasteiger partial charge in [0, 0.05) is 27.5 Å². The summed E-state index contributed by atoms with van der Waals surface area (Å²) in [5.41, 5.74) is 15.8. The molecule has 2 heteroatoms. The molecule has 2 heterocycles. The van der Waals surface area contributed by atoms with Crippen LogP contribution in [0, 0.1) is 0 Å². The SMILES string of the molecule is c1cc(-c2ccc(-c3cccc4c3oc3ccccc34)cc2)cc(-c2ccc3c(c2)Oc2ccccc2C32c3ccccc3-c3ccccc32)c1. The van der Waals surface area contributed by atoms with Gasteiger partial charge in [-0.1, -0.05) is 158 Å². The lowest BCUT2D eigenvalue weighted by Crippen LogP contribution is -2.32. The van der Waals surface area contributed by atoms with Crippen molar-refractivity contribution in [3.05, 3.63) is 204 Å². The number of ether oxygens (including phenoxy) is 1. The van der Waals surface area contributed by atoms with Crippen molar-refractivity contribution >= 4 is 21.9 Å². The lowest BCUT2D eigenvalue weighted by Gasteiger charge is -2.39. The van der Waals surface area contributed by atoms with Crippen molar-refractivity contribution in [3.8, 4) is 56.0 Å². The molecular weight excluding hydrogens is 621 g/mol. The Labute approximate surface area is 295 Å². The molecule has 0 amide bonds. The van der Waals surface area contributed by atoms with E-state index in [4.69, 9.17) is 9.15 Å². The Balaban J connectivity index is 0.994. The zero-order valence-electron chi connectivity index (χ0n) is 27.6. The molecule has 1 aromatic heterocycles. The van der Waals surface area contributed by atoms with E-state index in [0.29, 0.717) is 0 Å². The summed E-state index contributed by atoms with van der Waals surface area (Å²) in [4.78, 5) is 0. The first-order valence-electron chi connectivity index (χ1n) is 17.5. The van der Waals surface area contributed by atoms with Crippen LogP contribution in [-0.4, -0.2) is 0 Å². The van der Waals surface area contributed by atoms with Gasteiger partial charge in [-0.05, 0) is 74.3 Å². The molecule has 0 N–H and O–H groups in total. The molecule has 0 unspecified atom stereocenters. The highest BCUT2D eigenvalue weighted by molar-refractivity contribution is 6.09. The fourth-order valence-electron chi connectivity index (χ4n) is 8.74. The van der Waals surface area contributed by atoms with Crippen LogP contribution in [0.3, 0.4) is 0 Å². The standard InChI is InChI=1S/C49H30O2/c1-4-18-41-37(13-1)38-14-2-5-19-42(38)49(41)43-20-6-8-22-46(43)50-47-30-35(27-28-44(47)49)34-12-9-11-33(29-34)31-23-25-32(26-24-31)36-16-10-17-40-39-15-3-7-21-45(39)51-48(36)40/h1-30H. The van der Waals surface area contributed by atoms with Gasteiger partial charge in [-0.3, -0.25) is 0 Å². The molecule has 1 aliphatic carbocycles. The summed E-state index contributed by atoms with van der Waals surface area (Å²) in [5.74, 6) is 1.80. The largest absolute Gasteiger partial charge is 0.457 e. The fraction of sp³-hybridized carbons (Fsp3) is 0.0204. The molecule has 0 radical (unpaired) electrons. The van der Waals surface area contributed by atoms with E-state index in [1.807, 2.05) is 12.1 Å². The molecule has 8 aromatic carbocycles. The number of benzene rings is 8. The second-order valence-corrected chi connectivity index (χ2v) is 13.6. The van der Waals surface area contributed by atoms with Crippen molar-refractivity contribution in [1.82, 2.24) is 0 Å². The van der Waals surface area contributed by atoms with Gasteiger partial charge >= 0.3 is 0 Å². The molecular formula is C49H30O2. The van der Waals surface area contributed by atoms with E-state index in [1.54, 1.807) is 0 Å². The van der Waals surface area contributed by atoms with Crippen LogP contribution >= 0.6 is 0 Å². The molecule has 11 rings (SSSR count). The molecule has 2 aliphatic rings. The Hall–Kier alpha value is -6.64. The maximum absolute atomic E-state index is 6.77. The molecule has 1 aliphatic heterocycles. The first-order chi connectivity index (χ1) is 25.3. The lowest BCUT2D eigenvalue weighted by molar-refractivity contribution is 0.436. The van der Waals surface area contributed by atoms with E-state index in [9.17, 15) is 0 Å². The Kier molecular flexibility index (Phi) is 5.91. The number of fused-ring (bicyclic) bond motifs is 12. The maximum atomic E-state index is 6.77. The maximum Gasteiger partial charge on any atom is 0.143 e. The average molecular weight is 651 g/mol. The zero-order chi connectivity index (χ0) is 33.5. The van der Waals surface area contributed by atoms with Crippen LogP contribution < -0.4 is 4.74 Å². The molecule has 0 atom stereocenters. The Morgan fingerprint density at radius 1 is 0.333 bits per heavy atom. The summed E-state index contributed by atoms with van der Waals surface area (Å²) in [6, 6.07) is 65.3. The molecule has 0 fully saturated rings. The van der Waals surface area contributed by atoms with E-state index >= 15 is 0 Å². The van der Waals surface area contributed by atoms with Crippen molar-refractivity contribution in [1.29, 1.82) is 0 Å². The molecule has 0 bridgehead atoms. The minimum atomic E-state index is -0.452. The first kappa shape index (κ1) is 28.2. The van der Waals surface area contributed by atoms with Gasteiger partial charge in [-0.2, -0.15) is 0 Å². The third-order valence-corrected chi connectivity index (χ3v) is 11.0. The van der Waals surface area contributed by atoms with Crippen LogP contribution in [0.1, 0.15) is 22.3 Å². The van der Waals surface area contributed by atoms with Gasteiger partial charge < -0.3 is 9.15 Å². The van der Waals surface area contributed by atoms with Crippen molar-refractivity contribution in [3.63, 3.8) is 0 Å². The molecule has 51 heavy (non-hydrogen) atoms. The van der Waals surface area contributed by atoms with Crippen molar-refractivity contribution in [2.45, 2.75) is 5.41 Å². The van der Waals surface area contributed by atoms with E-state index in [2.05, 4.69) is 170 Å². The number of para-hydroxylation sites is 3. The van der Waals surface area contributed by atoms with Crippen molar-refractivity contribution in [2.24, 2.45) is 0 Å². The fourth-order valence-corrected chi connectivity index (χ4v) is 8.74. The zero-order valence-corrected chi connectivity index (χ0v) is 27.6. The van der Waals surface area contributed by atoms with Gasteiger partial charge in [0.2, 0.25) is 0 Å². The number of furan rings is 1. The summed E-state index contributed by atoms with van der Waals surface area (Å²) in [5, 5.41) is 2.29. The summed E-state index contributed by atoms with van der Waals surface area (Å²) in [7, 11) is 0. The molecule has 1 spiro atoms. The predicted molar refractivity (Wildman–Crippen MR) is 207 cm³/mol. The normalized spacial score (nSPS) is 13.4. The minimum Gasteiger partial charge on any atom is -0.457 e. The van der Waals surface area contributed by atoms with E-state index < -0.39 is 5.41 Å². The van der Waals surface area contributed by atoms with Crippen LogP contribution in [0.25, 0.3) is 66.4 Å². The summed E-state index contributed by atoms with van der Waals surface area (Å²) in [6.45, 7) is 0. The molecule has 238 valence electrons. The van der Waals surface area contributed by atoms with Gasteiger partial charge in [0.15, 0.2) is 0 Å². The van der Waals surface area contributed by atoms with Crippen LogP contribution in [0.4, 0.5) is 0 Å². The number of hydrogen-bond acceptors (Lipinski definition) is 2. The smallest absolute Gasteiger partial charge is 0.143 e. The Morgan fingerprint density at radius 3 is 1.69 bits per heavy atom. The second-order valence-electron chi connectivity index (χ2n) is 13.6. The summed E-state index contributed by atoms with van der Waals surface area (Å²) < 4.78 is 13.1. The van der Waals surface area contributed by atoms with Crippen molar-refractivity contribution in [2.75, 3.05) is 0 Å². The van der Waals surface area contributed by atoms with Crippen LogP contribution in [0.2, 0.25) is 0 Å². The van der Waals surface area contributed by atoms with Crippen LogP contribution in [0.5, 0.6) is 11.5 Å². The predicted octanol–water partition coefficient (Wildman–Crippen LogP) is 13.1. The lowest BCUT2D eigenvalue weighted by atomic mass is 9.66. The van der Waals surface area contributed by atoms with Gasteiger partial charge in [-0.25, -0.2) is 0 Å². The number of rotatable bonds is 3. The third kappa shape index (κ3) is 3.99. The average Bonchev–Trinajstić information content (AvgIpc) is 3.72. The minimum absolute atomic E-state index is 0.452.